The third-order valence-corrected chi connectivity index (χ3v) is 3.95. The summed E-state index contributed by atoms with van der Waals surface area (Å²) >= 11 is 0. The molecule has 2 aromatic heterocycles. The van der Waals surface area contributed by atoms with Crippen LogP contribution in [-0.4, -0.2) is 27.6 Å². The molecule has 0 bridgehead atoms. The highest BCUT2D eigenvalue weighted by Gasteiger charge is 2.28. The summed E-state index contributed by atoms with van der Waals surface area (Å²) < 4.78 is 2.38. The second-order valence-corrected chi connectivity index (χ2v) is 5.19. The van der Waals surface area contributed by atoms with E-state index in [9.17, 15) is 0 Å². The molecule has 1 saturated heterocycles. The minimum absolute atomic E-state index is 0.519. The second-order valence-electron chi connectivity index (χ2n) is 5.19. The molecule has 0 aromatic carbocycles. The van der Waals surface area contributed by atoms with Crippen molar-refractivity contribution in [2.75, 3.05) is 13.1 Å². The molecule has 1 unspecified atom stereocenters. The van der Waals surface area contributed by atoms with Gasteiger partial charge in [-0.15, -0.1) is 0 Å². The van der Waals surface area contributed by atoms with Gasteiger partial charge in [-0.05, 0) is 31.5 Å². The van der Waals surface area contributed by atoms with E-state index >= 15 is 0 Å². The fourth-order valence-electron chi connectivity index (χ4n) is 2.68. The quantitative estimate of drug-likeness (QED) is 0.896. The van der Waals surface area contributed by atoms with E-state index in [1.807, 2.05) is 12.4 Å². The number of rotatable bonds is 4. The van der Waals surface area contributed by atoms with Crippen LogP contribution >= 0.6 is 0 Å². The van der Waals surface area contributed by atoms with Crippen molar-refractivity contribution in [3.05, 3.63) is 24.3 Å². The Balaban J connectivity index is 2.05. The molecule has 4 nitrogen and oxygen atoms in total. The van der Waals surface area contributed by atoms with Crippen LogP contribution in [0.5, 0.6) is 0 Å². The number of nitrogens with zero attached hydrogens (tertiary/aromatic N) is 3. The average molecular weight is 244 g/mol. The van der Waals surface area contributed by atoms with E-state index in [1.165, 1.54) is 11.3 Å². The van der Waals surface area contributed by atoms with Gasteiger partial charge in [0.15, 0.2) is 0 Å². The second kappa shape index (κ2) is 4.69. The van der Waals surface area contributed by atoms with Gasteiger partial charge in [0.2, 0.25) is 0 Å². The molecule has 0 saturated carbocycles. The fraction of sp³-hybridized carbons (Fsp3) is 0.571. The molecule has 1 aliphatic heterocycles. The largest absolute Gasteiger partial charge is 0.328 e. The molecule has 96 valence electrons. The molecule has 0 spiro atoms. The average Bonchev–Trinajstić information content (AvgIpc) is 2.67. The zero-order chi connectivity index (χ0) is 12.5. The molecular formula is C14H20N4. The van der Waals surface area contributed by atoms with E-state index in [1.54, 1.807) is 0 Å². The summed E-state index contributed by atoms with van der Waals surface area (Å²) in [4.78, 5) is 8.98. The Hall–Kier alpha value is -1.42. The van der Waals surface area contributed by atoms with Crippen molar-refractivity contribution in [3.8, 4) is 0 Å². The lowest BCUT2D eigenvalue weighted by molar-refractivity contribution is 0.291. The Morgan fingerprint density at radius 1 is 1.50 bits per heavy atom. The maximum atomic E-state index is 4.81. The van der Waals surface area contributed by atoms with E-state index in [4.69, 9.17) is 4.98 Å². The maximum absolute atomic E-state index is 4.81. The van der Waals surface area contributed by atoms with E-state index < -0.39 is 0 Å². The van der Waals surface area contributed by atoms with Crippen LogP contribution in [-0.2, 0) is 6.54 Å². The highest BCUT2D eigenvalue weighted by atomic mass is 15.1. The van der Waals surface area contributed by atoms with Gasteiger partial charge in [-0.25, -0.2) is 4.98 Å². The van der Waals surface area contributed by atoms with Crippen molar-refractivity contribution in [1.29, 1.82) is 0 Å². The minimum Gasteiger partial charge on any atom is -0.328 e. The van der Waals surface area contributed by atoms with Crippen LogP contribution in [0.15, 0.2) is 18.5 Å². The lowest BCUT2D eigenvalue weighted by Crippen LogP contribution is -2.45. The maximum Gasteiger partial charge on any atom is 0.113 e. The van der Waals surface area contributed by atoms with Crippen LogP contribution in [0.4, 0.5) is 0 Å². The smallest absolute Gasteiger partial charge is 0.113 e. The summed E-state index contributed by atoms with van der Waals surface area (Å²) in [6.45, 7) is 7.79. The first-order valence-electron chi connectivity index (χ1n) is 6.82. The highest BCUT2D eigenvalue weighted by molar-refractivity contribution is 5.74. The Labute approximate surface area is 107 Å². The molecule has 4 heteroatoms. The number of hydrogen-bond donors (Lipinski definition) is 1. The van der Waals surface area contributed by atoms with Gasteiger partial charge in [0.25, 0.3) is 0 Å². The number of aryl methyl sites for hydroxylation is 1. The Bertz CT molecular complexity index is 542. The van der Waals surface area contributed by atoms with Crippen molar-refractivity contribution in [2.45, 2.75) is 32.7 Å². The van der Waals surface area contributed by atoms with Crippen LogP contribution in [0.3, 0.4) is 0 Å². The number of fused-ring (bicyclic) bond motifs is 1. The van der Waals surface area contributed by atoms with E-state index in [-0.39, 0.29) is 0 Å². The summed E-state index contributed by atoms with van der Waals surface area (Å²) in [7, 11) is 0. The topological polar surface area (TPSA) is 42.7 Å². The lowest BCUT2D eigenvalue weighted by atomic mass is 9.88. The van der Waals surface area contributed by atoms with Crippen LogP contribution in [0.25, 0.3) is 11.0 Å². The Morgan fingerprint density at radius 2 is 2.33 bits per heavy atom. The zero-order valence-corrected chi connectivity index (χ0v) is 11.1. The lowest BCUT2D eigenvalue weighted by Gasteiger charge is -2.32. The fourth-order valence-corrected chi connectivity index (χ4v) is 2.68. The molecule has 0 aliphatic carbocycles. The minimum atomic E-state index is 0.519. The van der Waals surface area contributed by atoms with Crippen molar-refractivity contribution in [1.82, 2.24) is 19.9 Å². The molecular weight excluding hydrogens is 224 g/mol. The molecule has 3 rings (SSSR count). The van der Waals surface area contributed by atoms with Gasteiger partial charge in [0, 0.05) is 18.7 Å². The standard InChI is InChI=1S/C14H20N4/c1-3-6-18-13-4-5-15-9-12(13)17-14(18)10(2)11-7-16-8-11/h4-5,9-11,16H,3,6-8H2,1-2H3. The van der Waals surface area contributed by atoms with E-state index in [0.29, 0.717) is 5.92 Å². The third-order valence-electron chi connectivity index (χ3n) is 3.95. The summed E-state index contributed by atoms with van der Waals surface area (Å²) in [5, 5.41) is 3.35. The first kappa shape index (κ1) is 11.7. The normalized spacial score (nSPS) is 17.9. The number of hydrogen-bond acceptors (Lipinski definition) is 3. The zero-order valence-electron chi connectivity index (χ0n) is 11.1. The molecule has 0 radical (unpaired) electrons. The Morgan fingerprint density at radius 3 is 3.00 bits per heavy atom. The van der Waals surface area contributed by atoms with E-state index in [2.05, 4.69) is 34.8 Å². The van der Waals surface area contributed by atoms with E-state index in [0.717, 1.165) is 37.5 Å². The molecule has 3 heterocycles. The van der Waals surface area contributed by atoms with Crippen molar-refractivity contribution < 1.29 is 0 Å². The summed E-state index contributed by atoms with van der Waals surface area (Å²) in [6.07, 6.45) is 4.86. The molecule has 0 amide bonds. The Kier molecular flexibility index (Phi) is 3.04. The van der Waals surface area contributed by atoms with Crippen LogP contribution < -0.4 is 5.32 Å². The first-order chi connectivity index (χ1) is 8.81. The van der Waals surface area contributed by atoms with Gasteiger partial charge in [-0.3, -0.25) is 4.98 Å². The van der Waals surface area contributed by atoms with Crippen LogP contribution in [0, 0.1) is 5.92 Å². The molecule has 1 aliphatic rings. The van der Waals surface area contributed by atoms with Crippen LogP contribution in [0.2, 0.25) is 0 Å². The summed E-state index contributed by atoms with van der Waals surface area (Å²) in [6, 6.07) is 2.08. The van der Waals surface area contributed by atoms with Gasteiger partial charge < -0.3 is 9.88 Å². The van der Waals surface area contributed by atoms with Gasteiger partial charge in [-0.2, -0.15) is 0 Å². The molecule has 1 N–H and O–H groups in total. The predicted molar refractivity (Wildman–Crippen MR) is 72.6 cm³/mol. The molecule has 1 fully saturated rings. The summed E-state index contributed by atoms with van der Waals surface area (Å²) in [5.74, 6) is 2.47. The first-order valence-corrected chi connectivity index (χ1v) is 6.82. The molecule has 1 atom stereocenters. The number of nitrogens with one attached hydrogen (secondary N) is 1. The predicted octanol–water partition coefficient (Wildman–Crippen LogP) is 2.16. The van der Waals surface area contributed by atoms with Crippen LogP contribution in [0.1, 0.15) is 32.0 Å². The molecule has 2 aromatic rings. The monoisotopic (exact) mass is 244 g/mol. The van der Waals surface area contributed by atoms with Crippen molar-refractivity contribution in [3.63, 3.8) is 0 Å². The van der Waals surface area contributed by atoms with Crippen molar-refractivity contribution >= 4 is 11.0 Å². The molecule has 18 heavy (non-hydrogen) atoms. The highest BCUT2D eigenvalue weighted by Crippen LogP contribution is 2.29. The van der Waals surface area contributed by atoms with Gasteiger partial charge in [0.1, 0.15) is 11.3 Å². The third kappa shape index (κ3) is 1.81. The van der Waals surface area contributed by atoms with Crippen molar-refractivity contribution in [2.24, 2.45) is 5.92 Å². The van der Waals surface area contributed by atoms with Gasteiger partial charge in [-0.1, -0.05) is 13.8 Å². The number of aromatic nitrogens is 3. The number of pyridine rings is 1. The SMILES string of the molecule is CCCn1c(C(C)C2CNC2)nc2cnccc21. The number of imidazole rings is 1. The summed E-state index contributed by atoms with van der Waals surface area (Å²) in [5.41, 5.74) is 2.25. The van der Waals surface area contributed by atoms with Gasteiger partial charge >= 0.3 is 0 Å². The van der Waals surface area contributed by atoms with Gasteiger partial charge in [0.05, 0.1) is 11.7 Å².